The zero-order chi connectivity index (χ0) is 19.8. The van der Waals surface area contributed by atoms with Crippen LogP contribution in [0.15, 0.2) is 54.0 Å². The first kappa shape index (κ1) is 18.3. The number of nitrogens with zero attached hydrogens (tertiary/aromatic N) is 3. The first-order valence-electron chi connectivity index (χ1n) is 10.1. The summed E-state index contributed by atoms with van der Waals surface area (Å²) in [7, 11) is 0. The summed E-state index contributed by atoms with van der Waals surface area (Å²) in [5.41, 5.74) is 4.27. The molecule has 1 atom stereocenters. The lowest BCUT2D eigenvalue weighted by Crippen LogP contribution is -2.39. The van der Waals surface area contributed by atoms with E-state index in [4.69, 9.17) is 0 Å². The fourth-order valence-corrected chi connectivity index (χ4v) is 5.33. The van der Waals surface area contributed by atoms with Gasteiger partial charge in [-0.1, -0.05) is 30.3 Å². The molecule has 1 unspecified atom stereocenters. The number of amides is 2. The number of carbonyl (C=O) groups is 2. The van der Waals surface area contributed by atoms with Gasteiger partial charge in [-0.25, -0.2) is 4.98 Å². The predicted octanol–water partition coefficient (Wildman–Crippen LogP) is 3.60. The number of hydrogen-bond donors (Lipinski definition) is 0. The van der Waals surface area contributed by atoms with Crippen LogP contribution in [0.2, 0.25) is 0 Å². The number of carbonyl (C=O) groups excluding carboxylic acids is 2. The molecule has 3 aromatic rings. The second-order valence-electron chi connectivity index (χ2n) is 8.07. The van der Waals surface area contributed by atoms with Crippen LogP contribution in [0, 0.1) is 5.41 Å². The van der Waals surface area contributed by atoms with Gasteiger partial charge in [0.15, 0.2) is 0 Å². The Morgan fingerprint density at radius 3 is 2.79 bits per heavy atom. The molecule has 2 aliphatic rings. The van der Waals surface area contributed by atoms with Crippen LogP contribution in [0.1, 0.15) is 28.8 Å². The third-order valence-corrected chi connectivity index (χ3v) is 7.13. The summed E-state index contributed by atoms with van der Waals surface area (Å²) < 4.78 is 1.02. The highest BCUT2D eigenvalue weighted by Gasteiger charge is 2.51. The molecule has 148 valence electrons. The summed E-state index contributed by atoms with van der Waals surface area (Å²) in [5, 5.41) is 0. The lowest BCUT2D eigenvalue weighted by molar-refractivity contribution is -0.135. The average Bonchev–Trinajstić information content (AvgIpc) is 3.47. The van der Waals surface area contributed by atoms with Crippen LogP contribution in [0.25, 0.3) is 10.2 Å². The summed E-state index contributed by atoms with van der Waals surface area (Å²) >= 11 is 1.54. The number of aromatic nitrogens is 1. The first-order valence-corrected chi connectivity index (χ1v) is 11.0. The molecule has 0 saturated carbocycles. The average molecular weight is 406 g/mol. The topological polar surface area (TPSA) is 53.5 Å². The normalized spacial score (nSPS) is 21.6. The summed E-state index contributed by atoms with van der Waals surface area (Å²) in [5.74, 6) is 0.245. The molecule has 5 rings (SSSR count). The molecule has 3 heterocycles. The van der Waals surface area contributed by atoms with Crippen LogP contribution in [-0.4, -0.2) is 52.8 Å². The van der Waals surface area contributed by atoms with E-state index in [1.54, 1.807) is 16.8 Å². The van der Waals surface area contributed by atoms with Gasteiger partial charge in [0, 0.05) is 31.7 Å². The minimum atomic E-state index is -0.388. The third-order valence-electron chi connectivity index (χ3n) is 6.33. The quantitative estimate of drug-likeness (QED) is 0.666. The van der Waals surface area contributed by atoms with E-state index in [0.29, 0.717) is 18.7 Å². The number of rotatable bonds is 4. The van der Waals surface area contributed by atoms with Gasteiger partial charge in [0.1, 0.15) is 0 Å². The van der Waals surface area contributed by atoms with Gasteiger partial charge in [-0.15, -0.1) is 11.3 Å². The van der Waals surface area contributed by atoms with Crippen LogP contribution < -0.4 is 0 Å². The molecule has 6 heteroatoms. The molecule has 2 fully saturated rings. The maximum absolute atomic E-state index is 13.2. The SMILES string of the molecule is O=C(c1ccc2ncsc2c1)N1CCC2(CCN(CCc3ccccc3)C2=O)C1. The van der Waals surface area contributed by atoms with Crippen molar-refractivity contribution in [3.05, 3.63) is 65.2 Å². The van der Waals surface area contributed by atoms with E-state index in [2.05, 4.69) is 17.1 Å². The van der Waals surface area contributed by atoms with E-state index in [9.17, 15) is 9.59 Å². The van der Waals surface area contributed by atoms with E-state index in [1.807, 2.05) is 46.2 Å². The summed E-state index contributed by atoms with van der Waals surface area (Å²) in [6.45, 7) is 2.73. The monoisotopic (exact) mass is 405 g/mol. The summed E-state index contributed by atoms with van der Waals surface area (Å²) in [6, 6.07) is 16.0. The number of benzene rings is 2. The highest BCUT2D eigenvalue weighted by atomic mass is 32.1. The van der Waals surface area contributed by atoms with Crippen molar-refractivity contribution in [1.29, 1.82) is 0 Å². The fraction of sp³-hybridized carbons (Fsp3) is 0.348. The van der Waals surface area contributed by atoms with E-state index in [-0.39, 0.29) is 17.2 Å². The van der Waals surface area contributed by atoms with E-state index >= 15 is 0 Å². The van der Waals surface area contributed by atoms with Crippen molar-refractivity contribution in [2.24, 2.45) is 5.41 Å². The lowest BCUT2D eigenvalue weighted by Gasteiger charge is -2.24. The van der Waals surface area contributed by atoms with Crippen LogP contribution in [0.3, 0.4) is 0 Å². The Balaban J connectivity index is 1.25. The Bertz CT molecular complexity index is 1060. The molecule has 2 aliphatic heterocycles. The van der Waals surface area contributed by atoms with Gasteiger partial charge in [-0.3, -0.25) is 9.59 Å². The van der Waals surface area contributed by atoms with Crippen LogP contribution in [0.4, 0.5) is 0 Å². The van der Waals surface area contributed by atoms with E-state index in [0.717, 1.165) is 42.6 Å². The molecule has 2 saturated heterocycles. The molecule has 2 aromatic carbocycles. The fourth-order valence-electron chi connectivity index (χ4n) is 4.61. The van der Waals surface area contributed by atoms with Crippen LogP contribution >= 0.6 is 11.3 Å². The van der Waals surface area contributed by atoms with Gasteiger partial charge in [-0.05, 0) is 43.0 Å². The second-order valence-corrected chi connectivity index (χ2v) is 8.96. The molecule has 2 amide bonds. The Hall–Kier alpha value is -2.73. The molecule has 0 bridgehead atoms. The maximum Gasteiger partial charge on any atom is 0.253 e. The van der Waals surface area contributed by atoms with Gasteiger partial charge in [0.05, 0.1) is 21.1 Å². The van der Waals surface area contributed by atoms with Gasteiger partial charge >= 0.3 is 0 Å². The predicted molar refractivity (Wildman–Crippen MR) is 114 cm³/mol. The molecular weight excluding hydrogens is 382 g/mol. The Labute approximate surface area is 174 Å². The number of likely N-dealkylation sites (tertiary alicyclic amines) is 2. The number of thiazole rings is 1. The largest absolute Gasteiger partial charge is 0.342 e. The van der Waals surface area contributed by atoms with Gasteiger partial charge in [0.25, 0.3) is 5.91 Å². The second kappa shape index (κ2) is 7.26. The van der Waals surface area contributed by atoms with Crippen LogP contribution in [-0.2, 0) is 11.2 Å². The van der Waals surface area contributed by atoms with Crippen molar-refractivity contribution in [2.45, 2.75) is 19.3 Å². The molecule has 0 aliphatic carbocycles. The molecule has 1 spiro atoms. The van der Waals surface area contributed by atoms with Crippen LogP contribution in [0.5, 0.6) is 0 Å². The van der Waals surface area contributed by atoms with Gasteiger partial charge in [-0.2, -0.15) is 0 Å². The van der Waals surface area contributed by atoms with Crippen molar-refractivity contribution in [1.82, 2.24) is 14.8 Å². The smallest absolute Gasteiger partial charge is 0.253 e. The van der Waals surface area contributed by atoms with E-state index < -0.39 is 0 Å². The molecule has 1 aromatic heterocycles. The number of fused-ring (bicyclic) bond motifs is 1. The highest BCUT2D eigenvalue weighted by molar-refractivity contribution is 7.16. The molecular formula is C23H23N3O2S. The van der Waals surface area contributed by atoms with Gasteiger partial charge < -0.3 is 9.80 Å². The lowest BCUT2D eigenvalue weighted by atomic mass is 9.85. The Morgan fingerprint density at radius 1 is 1.10 bits per heavy atom. The molecule has 0 N–H and O–H groups in total. The minimum Gasteiger partial charge on any atom is -0.342 e. The minimum absolute atomic E-state index is 0.0210. The van der Waals surface area contributed by atoms with E-state index in [1.165, 1.54) is 5.56 Å². The van der Waals surface area contributed by atoms with Crippen molar-refractivity contribution in [3.63, 3.8) is 0 Å². The first-order chi connectivity index (χ1) is 14.1. The standard InChI is InChI=1S/C23H23N3O2S/c27-21(18-6-7-19-20(14-18)29-16-24-19)26-13-10-23(15-26)9-12-25(22(23)28)11-8-17-4-2-1-3-5-17/h1-7,14,16H,8-13,15H2. The third kappa shape index (κ3) is 3.31. The summed E-state index contributed by atoms with van der Waals surface area (Å²) in [6.07, 6.45) is 2.49. The Morgan fingerprint density at radius 2 is 1.93 bits per heavy atom. The maximum atomic E-state index is 13.2. The number of hydrogen-bond acceptors (Lipinski definition) is 4. The van der Waals surface area contributed by atoms with Crippen molar-refractivity contribution in [3.8, 4) is 0 Å². The van der Waals surface area contributed by atoms with Crippen molar-refractivity contribution in [2.75, 3.05) is 26.2 Å². The van der Waals surface area contributed by atoms with Gasteiger partial charge in [0.2, 0.25) is 5.91 Å². The van der Waals surface area contributed by atoms with Crippen molar-refractivity contribution < 1.29 is 9.59 Å². The molecule has 5 nitrogen and oxygen atoms in total. The zero-order valence-corrected chi connectivity index (χ0v) is 17.0. The highest BCUT2D eigenvalue weighted by Crippen LogP contribution is 2.41. The molecule has 29 heavy (non-hydrogen) atoms. The Kier molecular flexibility index (Phi) is 4.59. The summed E-state index contributed by atoms with van der Waals surface area (Å²) in [4.78, 5) is 34.3. The zero-order valence-electron chi connectivity index (χ0n) is 16.2. The molecule has 0 radical (unpaired) electrons. The van der Waals surface area contributed by atoms with Crippen molar-refractivity contribution >= 4 is 33.4 Å².